The first-order valence-corrected chi connectivity index (χ1v) is 16.9. The maximum absolute atomic E-state index is 6.98. The molecule has 0 aliphatic heterocycles. The molecule has 20 radical (unpaired) electrons. The molecule has 1 aromatic heterocycles. The molecule has 1 aliphatic rings. The number of hydrogen-bond donors (Lipinski definition) is 0. The average molecular weight is 664 g/mol. The summed E-state index contributed by atoms with van der Waals surface area (Å²) in [4.78, 5) is 1.71. The second-order valence-electron chi connectivity index (χ2n) is 13.0. The Morgan fingerprint density at radius 1 is 0.648 bits per heavy atom. The van der Waals surface area contributed by atoms with Gasteiger partial charge in [-0.3, -0.25) is 0 Å². The van der Waals surface area contributed by atoms with Crippen molar-refractivity contribution in [2.24, 2.45) is 0 Å². The van der Waals surface area contributed by atoms with E-state index in [1.165, 1.54) is 0 Å². The van der Waals surface area contributed by atoms with Crippen molar-refractivity contribution >= 4 is 139 Å². The number of anilines is 1. The van der Waals surface area contributed by atoms with Gasteiger partial charge in [-0.15, -0.1) is 11.9 Å². The molecule has 0 bridgehead atoms. The van der Waals surface area contributed by atoms with Gasteiger partial charge in [0, 0.05) is 23.0 Å². The Bertz CT molecular complexity index is 2620. The summed E-state index contributed by atoms with van der Waals surface area (Å²) in [5.41, 5.74) is 6.90. The van der Waals surface area contributed by atoms with Crippen molar-refractivity contribution in [2.75, 3.05) is 11.4 Å². The molecule has 1 aliphatic carbocycles. The summed E-state index contributed by atoms with van der Waals surface area (Å²) in [5.74, 6) is 2.48. The fraction of sp³-hybridized carbons (Fsp3) is 0.0476. The lowest BCUT2D eigenvalue weighted by atomic mass is 9.63. The van der Waals surface area contributed by atoms with Gasteiger partial charge in [-0.05, 0) is 57.1 Å². The summed E-state index contributed by atoms with van der Waals surface area (Å²) >= 11 is 0. The van der Waals surface area contributed by atoms with Crippen molar-refractivity contribution < 1.29 is 4.42 Å². The summed E-state index contributed by atoms with van der Waals surface area (Å²) in [5, 5.41) is 1.80. The Kier molecular flexibility index (Phi) is 10.3. The lowest BCUT2D eigenvalue weighted by Gasteiger charge is -2.40. The summed E-state index contributed by atoms with van der Waals surface area (Å²) in [6.45, 7) is -0.138. The Labute approximate surface area is 330 Å². The van der Waals surface area contributed by atoms with E-state index < -0.39 is 6.04 Å². The van der Waals surface area contributed by atoms with Crippen LogP contribution in [0.2, 0.25) is 0 Å². The molecule has 0 spiro atoms. The molecule has 0 N–H and O–H groups in total. The molecule has 0 saturated carbocycles. The van der Waals surface area contributed by atoms with Gasteiger partial charge in [-0.1, -0.05) is 135 Å². The Hall–Kier alpha value is -5.13. The SMILES string of the molecule is [B]C1=C([B])C(N(C/C([B])=C([B])\C(=C(\[B])C#C)c2ccccc2)c2c([B])c([B])c(-c3ccc4oc5ccccc5c4c3)c([B])c2[B])C([B])=C1c1ccccc1. The van der Waals surface area contributed by atoms with Crippen LogP contribution >= 0.6 is 0 Å². The van der Waals surface area contributed by atoms with Crippen LogP contribution in [0.25, 0.3) is 44.2 Å². The molecule has 6 aromatic rings. The highest BCUT2D eigenvalue weighted by molar-refractivity contribution is 6.63. The van der Waals surface area contributed by atoms with Gasteiger partial charge >= 0.3 is 0 Å². The normalized spacial score (nSPS) is 15.4. The van der Waals surface area contributed by atoms with Gasteiger partial charge < -0.3 is 9.32 Å². The van der Waals surface area contributed by atoms with E-state index in [9.17, 15) is 0 Å². The first-order chi connectivity index (χ1) is 25.9. The van der Waals surface area contributed by atoms with E-state index in [2.05, 4.69) is 5.92 Å². The third-order valence-corrected chi connectivity index (χ3v) is 9.86. The van der Waals surface area contributed by atoms with E-state index in [-0.39, 0.29) is 61.4 Å². The Morgan fingerprint density at radius 3 is 1.89 bits per heavy atom. The standard InChI is InChI=1S/C42H21B10NO/c1-2-26(43)30(21-11-5-3-6-12-21)33(45)27(44)20-53(41-37(49)31(34(46)38(41)50)22-13-7-4-8-14-22)42-39(51)35(47)32(36(48)40(42)52)23-17-18-29-25(19-23)24-15-9-10-16-28(24)54-29/h1,3-19,41H,20H2/b30-26+,33-27-. The van der Waals surface area contributed by atoms with E-state index in [4.69, 9.17) is 89.3 Å². The lowest BCUT2D eigenvalue weighted by molar-refractivity contribution is 0.669. The minimum absolute atomic E-state index is 0.0859. The molecule has 1 heterocycles. The zero-order valence-electron chi connectivity index (χ0n) is 29.3. The van der Waals surface area contributed by atoms with Crippen molar-refractivity contribution in [2.45, 2.75) is 6.04 Å². The molecule has 7 rings (SSSR count). The predicted octanol–water partition coefficient (Wildman–Crippen LogP) is 2.51. The largest absolute Gasteiger partial charge is 0.456 e. The molecule has 0 fully saturated rings. The van der Waals surface area contributed by atoms with Crippen LogP contribution in [0.15, 0.2) is 140 Å². The Balaban J connectivity index is 1.44. The van der Waals surface area contributed by atoms with Gasteiger partial charge in [-0.2, -0.15) is 0 Å². The van der Waals surface area contributed by atoms with Crippen LogP contribution in [0.4, 0.5) is 5.69 Å². The minimum atomic E-state index is -0.913. The average Bonchev–Trinajstić information content (AvgIpc) is 3.66. The number of terminal acetylenes is 1. The van der Waals surface area contributed by atoms with E-state index >= 15 is 0 Å². The third-order valence-electron chi connectivity index (χ3n) is 9.86. The van der Waals surface area contributed by atoms with E-state index in [1.54, 1.807) is 4.90 Å². The summed E-state index contributed by atoms with van der Waals surface area (Å²) in [6.07, 6.45) is 5.76. The molecule has 0 saturated heterocycles. The summed E-state index contributed by atoms with van der Waals surface area (Å²) in [6, 6.07) is 31.0. The van der Waals surface area contributed by atoms with Gasteiger partial charge in [0.2, 0.25) is 0 Å². The van der Waals surface area contributed by atoms with Crippen LogP contribution in [-0.2, 0) is 0 Å². The minimum Gasteiger partial charge on any atom is -0.456 e. The van der Waals surface area contributed by atoms with Crippen LogP contribution in [0.1, 0.15) is 11.1 Å². The zero-order chi connectivity index (χ0) is 38.4. The summed E-state index contributed by atoms with van der Waals surface area (Å²) in [7, 11) is 68.2. The number of para-hydroxylation sites is 1. The smallest absolute Gasteiger partial charge is 0.135 e. The molecule has 54 heavy (non-hydrogen) atoms. The zero-order valence-corrected chi connectivity index (χ0v) is 29.3. The molecule has 230 valence electrons. The second-order valence-corrected chi connectivity index (χ2v) is 13.0. The maximum Gasteiger partial charge on any atom is 0.135 e. The highest BCUT2D eigenvalue weighted by atomic mass is 16.3. The van der Waals surface area contributed by atoms with Crippen molar-refractivity contribution in [1.29, 1.82) is 0 Å². The molecule has 1 atom stereocenters. The van der Waals surface area contributed by atoms with Crippen LogP contribution in [0, 0.1) is 12.3 Å². The third kappa shape index (κ3) is 6.32. The van der Waals surface area contributed by atoms with Crippen LogP contribution < -0.4 is 26.8 Å². The highest BCUT2D eigenvalue weighted by Crippen LogP contribution is 2.39. The van der Waals surface area contributed by atoms with Gasteiger partial charge in [0.1, 0.15) is 89.6 Å². The van der Waals surface area contributed by atoms with E-state index in [0.29, 0.717) is 38.9 Å². The van der Waals surface area contributed by atoms with Crippen LogP contribution in [0.5, 0.6) is 0 Å². The number of nitrogens with zero attached hydrogens (tertiary/aromatic N) is 1. The maximum atomic E-state index is 6.98. The first-order valence-electron chi connectivity index (χ1n) is 16.9. The quantitative estimate of drug-likeness (QED) is 0.142. The van der Waals surface area contributed by atoms with Crippen molar-refractivity contribution in [3.63, 3.8) is 0 Å². The molecular formula is C42H21B10NO. The number of furan rings is 1. The molecule has 5 aromatic carbocycles. The topological polar surface area (TPSA) is 16.4 Å². The molecular weight excluding hydrogens is 643 g/mol. The molecule has 12 heteroatoms. The number of benzene rings is 5. The van der Waals surface area contributed by atoms with Crippen LogP contribution in [-0.4, -0.2) is 91.0 Å². The van der Waals surface area contributed by atoms with Crippen molar-refractivity contribution in [3.8, 4) is 23.5 Å². The van der Waals surface area contributed by atoms with E-state index in [0.717, 1.165) is 21.9 Å². The first kappa shape index (κ1) is 37.2. The van der Waals surface area contributed by atoms with Crippen LogP contribution in [0.3, 0.4) is 0 Å². The van der Waals surface area contributed by atoms with E-state index in [1.807, 2.05) is 103 Å². The predicted molar refractivity (Wildman–Crippen MR) is 236 cm³/mol. The lowest BCUT2D eigenvalue weighted by Crippen LogP contribution is -2.52. The number of fused-ring (bicyclic) bond motifs is 3. The van der Waals surface area contributed by atoms with Gasteiger partial charge in [0.05, 0.1) is 6.04 Å². The highest BCUT2D eigenvalue weighted by Gasteiger charge is 2.33. The summed E-state index contributed by atoms with van der Waals surface area (Å²) < 4.78 is 6.04. The molecule has 1 unspecified atom stereocenters. The van der Waals surface area contributed by atoms with Crippen molar-refractivity contribution in [1.82, 2.24) is 0 Å². The number of rotatable bonds is 8. The van der Waals surface area contributed by atoms with Crippen molar-refractivity contribution in [3.05, 3.63) is 147 Å². The molecule has 0 amide bonds. The number of hydrogen-bond acceptors (Lipinski definition) is 2. The number of allylic oxidation sites excluding steroid dienone is 5. The fourth-order valence-corrected chi connectivity index (χ4v) is 7.19. The second kappa shape index (κ2) is 14.9. The van der Waals surface area contributed by atoms with Gasteiger partial charge in [-0.25, -0.2) is 0 Å². The fourth-order valence-electron chi connectivity index (χ4n) is 7.19. The van der Waals surface area contributed by atoms with Gasteiger partial charge in [0.25, 0.3) is 0 Å². The molecule has 2 nitrogen and oxygen atoms in total. The Morgan fingerprint density at radius 2 is 1.24 bits per heavy atom. The monoisotopic (exact) mass is 665 g/mol. The van der Waals surface area contributed by atoms with Gasteiger partial charge in [0.15, 0.2) is 0 Å².